The van der Waals surface area contributed by atoms with E-state index < -0.39 is 43.3 Å². The predicted octanol–water partition coefficient (Wildman–Crippen LogP) is 3.48. The molecular formula is C12H16F5NO2Si. The molecule has 3 nitrogen and oxygen atoms in total. The van der Waals surface area contributed by atoms with Crippen molar-refractivity contribution >= 4 is 14.2 Å². The average molecular weight is 329 g/mol. The van der Waals surface area contributed by atoms with E-state index in [1.807, 2.05) is 0 Å². The summed E-state index contributed by atoms with van der Waals surface area (Å²) in [6.45, 7) is 5.66. The van der Waals surface area contributed by atoms with E-state index in [9.17, 15) is 22.0 Å². The molecule has 21 heavy (non-hydrogen) atoms. The van der Waals surface area contributed by atoms with Crippen molar-refractivity contribution in [2.45, 2.75) is 20.4 Å². The van der Waals surface area contributed by atoms with Crippen LogP contribution in [0.5, 0.6) is 0 Å². The summed E-state index contributed by atoms with van der Waals surface area (Å²) in [6, 6.07) is 0. The molecule has 0 bridgehead atoms. The summed E-state index contributed by atoms with van der Waals surface area (Å²) in [5.74, 6) is -9.99. The molecule has 1 rings (SSSR count). The zero-order valence-corrected chi connectivity index (χ0v) is 12.8. The Labute approximate surface area is 120 Å². The lowest BCUT2D eigenvalue weighted by atomic mass is 10.2. The topological polar surface area (TPSA) is 30.5 Å². The van der Waals surface area contributed by atoms with Gasteiger partial charge in [0.15, 0.2) is 23.3 Å². The summed E-state index contributed by atoms with van der Waals surface area (Å²) >= 11 is 0. The van der Waals surface area contributed by atoms with Crippen LogP contribution < -0.4 is 5.32 Å². The van der Waals surface area contributed by atoms with Crippen molar-refractivity contribution in [3.63, 3.8) is 0 Å². The van der Waals surface area contributed by atoms with Gasteiger partial charge in [0.1, 0.15) is 5.69 Å². The van der Waals surface area contributed by atoms with Gasteiger partial charge in [-0.15, -0.1) is 0 Å². The summed E-state index contributed by atoms with van der Waals surface area (Å²) in [6.07, 6.45) is -0.160. The van der Waals surface area contributed by atoms with Gasteiger partial charge in [0.2, 0.25) is 5.82 Å². The highest BCUT2D eigenvalue weighted by Gasteiger charge is 2.33. The molecular weight excluding hydrogens is 313 g/mol. The summed E-state index contributed by atoms with van der Waals surface area (Å²) < 4.78 is 76.9. The second-order valence-electron chi connectivity index (χ2n) is 4.30. The first kappa shape index (κ1) is 17.9. The molecule has 120 valence electrons. The van der Waals surface area contributed by atoms with Gasteiger partial charge in [0.25, 0.3) is 0 Å². The molecule has 1 aromatic carbocycles. The maximum Gasteiger partial charge on any atom is 0.354 e. The molecule has 0 aliphatic heterocycles. The van der Waals surface area contributed by atoms with Gasteiger partial charge in [-0.25, -0.2) is 22.0 Å². The molecule has 1 N–H and O–H groups in total. The summed E-state index contributed by atoms with van der Waals surface area (Å²) in [5, 5.41) is 2.22. The third-order valence-corrected chi connectivity index (χ3v) is 5.31. The number of hydrogen-bond donors (Lipinski definition) is 1. The number of nitrogens with one attached hydrogen (secondary N) is 1. The van der Waals surface area contributed by atoms with Gasteiger partial charge in [-0.3, -0.25) is 0 Å². The molecule has 1 aromatic rings. The Kier molecular flexibility index (Phi) is 6.11. The van der Waals surface area contributed by atoms with E-state index in [2.05, 4.69) is 5.32 Å². The van der Waals surface area contributed by atoms with Crippen LogP contribution in [0.4, 0.5) is 27.6 Å². The number of halogens is 5. The Morgan fingerprint density at radius 1 is 0.810 bits per heavy atom. The lowest BCUT2D eigenvalue weighted by Gasteiger charge is -2.26. The van der Waals surface area contributed by atoms with E-state index in [-0.39, 0.29) is 6.17 Å². The standard InChI is InChI=1S/C12H16F5NO2Si/c1-4-19-21(3,20-5-2)6-18-12-10(16)8(14)7(13)9(15)11(12)17/h18H,4-6H2,1-3H3. The Balaban J connectivity index is 3.03. The van der Waals surface area contributed by atoms with E-state index in [1.165, 1.54) is 0 Å². The lowest BCUT2D eigenvalue weighted by Crippen LogP contribution is -2.46. The Morgan fingerprint density at radius 2 is 1.19 bits per heavy atom. The van der Waals surface area contributed by atoms with Crippen molar-refractivity contribution < 1.29 is 30.8 Å². The zero-order chi connectivity index (χ0) is 16.2. The lowest BCUT2D eigenvalue weighted by molar-refractivity contribution is 0.191. The molecule has 0 radical (unpaired) electrons. The normalized spacial score (nSPS) is 11.8. The van der Waals surface area contributed by atoms with Crippen LogP contribution in [0.2, 0.25) is 6.55 Å². The third kappa shape index (κ3) is 3.92. The van der Waals surface area contributed by atoms with E-state index in [0.717, 1.165) is 0 Å². The fourth-order valence-corrected chi connectivity index (χ4v) is 3.77. The van der Waals surface area contributed by atoms with Crippen molar-refractivity contribution in [2.75, 3.05) is 24.7 Å². The van der Waals surface area contributed by atoms with Gasteiger partial charge < -0.3 is 14.2 Å². The Hall–Kier alpha value is -1.19. The van der Waals surface area contributed by atoms with Gasteiger partial charge in [-0.1, -0.05) is 0 Å². The minimum absolute atomic E-state index is 0.160. The van der Waals surface area contributed by atoms with Crippen LogP contribution >= 0.6 is 0 Å². The first-order valence-electron chi connectivity index (χ1n) is 6.30. The van der Waals surface area contributed by atoms with Crippen LogP contribution in [0.25, 0.3) is 0 Å². The molecule has 0 aliphatic rings. The summed E-state index contributed by atoms with van der Waals surface area (Å²) in [5.41, 5.74) is -1.08. The van der Waals surface area contributed by atoms with Crippen molar-refractivity contribution in [3.8, 4) is 0 Å². The second kappa shape index (κ2) is 7.19. The molecule has 0 unspecified atom stereocenters. The quantitative estimate of drug-likeness (QED) is 0.360. The number of anilines is 1. The molecule has 0 aromatic heterocycles. The summed E-state index contributed by atoms with van der Waals surface area (Å²) in [7, 11) is -2.81. The van der Waals surface area contributed by atoms with E-state index in [0.29, 0.717) is 13.2 Å². The molecule has 0 heterocycles. The van der Waals surface area contributed by atoms with E-state index in [1.54, 1.807) is 20.4 Å². The SMILES string of the molecule is CCO[Si](C)(CNc1c(F)c(F)c(F)c(F)c1F)OCC. The first-order valence-corrected chi connectivity index (χ1v) is 8.83. The summed E-state index contributed by atoms with van der Waals surface area (Å²) in [4.78, 5) is 0. The van der Waals surface area contributed by atoms with Crippen molar-refractivity contribution in [1.82, 2.24) is 0 Å². The number of rotatable bonds is 7. The molecule has 0 saturated carbocycles. The maximum atomic E-state index is 13.5. The highest BCUT2D eigenvalue weighted by Crippen LogP contribution is 2.27. The van der Waals surface area contributed by atoms with Crippen LogP contribution in [0, 0.1) is 29.1 Å². The molecule has 0 fully saturated rings. The predicted molar refractivity (Wildman–Crippen MR) is 69.6 cm³/mol. The highest BCUT2D eigenvalue weighted by atomic mass is 28.4. The zero-order valence-electron chi connectivity index (χ0n) is 11.8. The average Bonchev–Trinajstić information content (AvgIpc) is 2.43. The first-order chi connectivity index (χ1) is 9.77. The van der Waals surface area contributed by atoms with Gasteiger partial charge in [0.05, 0.1) is 6.17 Å². The van der Waals surface area contributed by atoms with Crippen LogP contribution in [-0.2, 0) is 8.85 Å². The Bertz CT molecular complexity index is 480. The fraction of sp³-hybridized carbons (Fsp3) is 0.500. The third-order valence-electron chi connectivity index (χ3n) is 2.70. The van der Waals surface area contributed by atoms with Gasteiger partial charge in [-0.2, -0.15) is 0 Å². The number of hydrogen-bond acceptors (Lipinski definition) is 3. The molecule has 0 saturated heterocycles. The number of benzene rings is 1. The van der Waals surface area contributed by atoms with Crippen LogP contribution in [-0.4, -0.2) is 27.9 Å². The minimum Gasteiger partial charge on any atom is -0.394 e. The largest absolute Gasteiger partial charge is 0.394 e. The Morgan fingerprint density at radius 3 is 1.57 bits per heavy atom. The van der Waals surface area contributed by atoms with Crippen LogP contribution in [0.3, 0.4) is 0 Å². The minimum atomic E-state index is -2.81. The van der Waals surface area contributed by atoms with Crippen molar-refractivity contribution in [3.05, 3.63) is 29.1 Å². The van der Waals surface area contributed by atoms with Crippen LogP contribution in [0.1, 0.15) is 13.8 Å². The van der Waals surface area contributed by atoms with Crippen molar-refractivity contribution in [2.24, 2.45) is 0 Å². The van der Waals surface area contributed by atoms with E-state index >= 15 is 0 Å². The molecule has 0 atom stereocenters. The molecule has 0 spiro atoms. The fourth-order valence-electron chi connectivity index (χ4n) is 1.76. The molecule has 9 heteroatoms. The van der Waals surface area contributed by atoms with Crippen molar-refractivity contribution in [1.29, 1.82) is 0 Å². The second-order valence-corrected chi connectivity index (χ2v) is 7.50. The maximum absolute atomic E-state index is 13.5. The smallest absolute Gasteiger partial charge is 0.354 e. The van der Waals surface area contributed by atoms with Gasteiger partial charge >= 0.3 is 8.56 Å². The monoisotopic (exact) mass is 329 g/mol. The molecule has 0 amide bonds. The molecule has 0 aliphatic carbocycles. The van der Waals surface area contributed by atoms with Crippen LogP contribution in [0.15, 0.2) is 0 Å². The van der Waals surface area contributed by atoms with Gasteiger partial charge in [0, 0.05) is 13.2 Å². The van der Waals surface area contributed by atoms with E-state index in [4.69, 9.17) is 8.85 Å². The highest BCUT2D eigenvalue weighted by molar-refractivity contribution is 6.66. The van der Waals surface area contributed by atoms with Gasteiger partial charge in [-0.05, 0) is 20.4 Å².